The van der Waals surface area contributed by atoms with Crippen molar-refractivity contribution in [2.75, 3.05) is 6.54 Å². The Morgan fingerprint density at radius 2 is 2.40 bits per heavy atom. The Kier molecular flexibility index (Phi) is 3.41. The van der Waals surface area contributed by atoms with Crippen LogP contribution in [0, 0.1) is 0 Å². The number of nitrogens with two attached hydrogens (primary N) is 1. The summed E-state index contributed by atoms with van der Waals surface area (Å²) < 4.78 is 10.4. The predicted molar refractivity (Wildman–Crippen MR) is 66.6 cm³/mol. The lowest BCUT2D eigenvalue weighted by molar-refractivity contribution is 0.198. The van der Waals surface area contributed by atoms with Crippen molar-refractivity contribution in [1.82, 2.24) is 0 Å². The van der Waals surface area contributed by atoms with Gasteiger partial charge in [0.15, 0.2) is 23.0 Å². The highest BCUT2D eigenvalue weighted by Gasteiger charge is 2.39. The number of rotatable bonds is 2. The van der Waals surface area contributed by atoms with E-state index in [4.69, 9.17) is 25.1 Å². The van der Waals surface area contributed by atoms with E-state index in [1.165, 1.54) is 0 Å². The number of hydrogen-bond acceptors (Lipinski definition) is 4. The van der Waals surface area contributed by atoms with E-state index >= 15 is 0 Å². The molecule has 4 nitrogen and oxygen atoms in total. The summed E-state index contributed by atoms with van der Waals surface area (Å²) >= 11 is 7.78. The second kappa shape index (κ2) is 4.46. The van der Waals surface area contributed by atoms with Gasteiger partial charge in [-0.3, -0.25) is 0 Å². The minimum atomic E-state index is -1.02. The Hall–Kier alpha value is -0.0151. The Balaban J connectivity index is 2.59. The molecule has 1 aromatic rings. The van der Waals surface area contributed by atoms with Crippen LogP contribution in [0.4, 0.5) is 0 Å². The molecule has 0 fully saturated rings. The van der Waals surface area contributed by atoms with Gasteiger partial charge in [-0.2, -0.15) is 0 Å². The fourth-order valence-corrected chi connectivity index (χ4v) is 2.37. The van der Waals surface area contributed by atoms with Crippen LogP contribution in [0.2, 0.25) is 5.02 Å². The van der Waals surface area contributed by atoms with Gasteiger partial charge in [-0.15, -0.1) is 0 Å². The Bertz CT molecular complexity index is 392. The predicted octanol–water partition coefficient (Wildman–Crippen LogP) is 0.786. The zero-order chi connectivity index (χ0) is 11.0. The maximum atomic E-state index is 9.70. The Morgan fingerprint density at radius 3 is 3.00 bits per heavy atom. The minimum Gasteiger partial charge on any atom is -0.428 e. The first-order chi connectivity index (χ1) is 7.19. The van der Waals surface area contributed by atoms with Crippen molar-refractivity contribution in [2.45, 2.75) is 6.10 Å². The second-order valence-electron chi connectivity index (χ2n) is 3.16. The highest BCUT2D eigenvalue weighted by atomic mass is 127. The molecule has 1 aliphatic rings. The van der Waals surface area contributed by atoms with Gasteiger partial charge in [0.1, 0.15) is 5.75 Å². The van der Waals surface area contributed by atoms with Crippen LogP contribution in [0.25, 0.3) is 0 Å². The molecule has 0 aromatic heterocycles. The van der Waals surface area contributed by atoms with Crippen LogP contribution in [0.1, 0.15) is 11.7 Å². The molecule has 1 aliphatic heterocycles. The van der Waals surface area contributed by atoms with E-state index in [2.05, 4.69) is 0 Å². The van der Waals surface area contributed by atoms with E-state index in [9.17, 15) is 5.02 Å². The third-order valence-electron chi connectivity index (χ3n) is 2.35. The fraction of sp³-hybridized carbons (Fsp3) is 0.250. The molecule has 0 saturated heterocycles. The molecule has 1 atom stereocenters. The van der Waals surface area contributed by atoms with Crippen molar-refractivity contribution >= 4 is 47.2 Å². The van der Waals surface area contributed by atoms with Crippen molar-refractivity contribution < 1.29 is 12.7 Å². The SMILES string of the molecule is NC[C@@H]1OB(O)c2c(OI)ccc(Cl)c21. The maximum absolute atomic E-state index is 9.70. The van der Waals surface area contributed by atoms with Gasteiger partial charge in [-0.05, 0) is 12.1 Å². The zero-order valence-corrected chi connectivity index (χ0v) is 10.5. The van der Waals surface area contributed by atoms with Crippen LogP contribution < -0.4 is 14.3 Å². The van der Waals surface area contributed by atoms with Gasteiger partial charge in [-0.25, -0.2) is 0 Å². The van der Waals surface area contributed by atoms with E-state index in [1.807, 2.05) is 0 Å². The van der Waals surface area contributed by atoms with Gasteiger partial charge in [0.2, 0.25) is 0 Å². The van der Waals surface area contributed by atoms with Gasteiger partial charge in [0.05, 0.1) is 6.10 Å². The number of hydrogen-bond donors (Lipinski definition) is 2. The molecule has 2 rings (SSSR count). The molecule has 0 aliphatic carbocycles. The molecule has 0 amide bonds. The van der Waals surface area contributed by atoms with Gasteiger partial charge in [-0.1, -0.05) is 11.6 Å². The topological polar surface area (TPSA) is 64.7 Å². The summed E-state index contributed by atoms with van der Waals surface area (Å²) in [5, 5.41) is 10.2. The van der Waals surface area contributed by atoms with Crippen molar-refractivity contribution in [1.29, 1.82) is 0 Å². The molecule has 80 valence electrons. The molecular formula is C8H8BClINO3. The highest BCUT2D eigenvalue weighted by molar-refractivity contribution is 14.1. The van der Waals surface area contributed by atoms with Gasteiger partial charge in [0, 0.05) is 22.6 Å². The molecule has 1 heterocycles. The average Bonchev–Trinajstić information content (AvgIpc) is 2.58. The zero-order valence-electron chi connectivity index (χ0n) is 7.61. The molecule has 0 radical (unpaired) electrons. The van der Waals surface area contributed by atoms with Crippen molar-refractivity contribution in [3.05, 3.63) is 22.7 Å². The molecule has 3 N–H and O–H groups in total. The maximum Gasteiger partial charge on any atom is 0.495 e. The Morgan fingerprint density at radius 1 is 1.67 bits per heavy atom. The van der Waals surface area contributed by atoms with Gasteiger partial charge in [0.25, 0.3) is 0 Å². The van der Waals surface area contributed by atoms with E-state index in [1.54, 1.807) is 35.1 Å². The lowest BCUT2D eigenvalue weighted by Crippen LogP contribution is -2.29. The van der Waals surface area contributed by atoms with E-state index in [-0.39, 0.29) is 12.6 Å². The lowest BCUT2D eigenvalue weighted by atomic mass is 9.78. The third kappa shape index (κ3) is 1.85. The number of fused-ring (bicyclic) bond motifs is 1. The summed E-state index contributed by atoms with van der Waals surface area (Å²) in [5.41, 5.74) is 6.83. The van der Waals surface area contributed by atoms with Crippen LogP contribution in [0.15, 0.2) is 12.1 Å². The van der Waals surface area contributed by atoms with Gasteiger partial charge >= 0.3 is 7.12 Å². The molecule has 15 heavy (non-hydrogen) atoms. The van der Waals surface area contributed by atoms with Crippen LogP contribution in [-0.2, 0) is 4.65 Å². The van der Waals surface area contributed by atoms with Crippen LogP contribution >= 0.6 is 34.6 Å². The van der Waals surface area contributed by atoms with Gasteiger partial charge < -0.3 is 18.5 Å². The Labute approximate surface area is 107 Å². The van der Waals surface area contributed by atoms with Crippen molar-refractivity contribution in [3.63, 3.8) is 0 Å². The first-order valence-electron chi connectivity index (χ1n) is 4.33. The first-order valence-corrected chi connectivity index (χ1v) is 5.59. The van der Waals surface area contributed by atoms with E-state index in [0.29, 0.717) is 16.2 Å². The molecule has 0 bridgehead atoms. The second-order valence-corrected chi connectivity index (χ2v) is 4.01. The van der Waals surface area contributed by atoms with E-state index < -0.39 is 7.12 Å². The molecular weight excluding hydrogens is 331 g/mol. The number of halogens is 2. The largest absolute Gasteiger partial charge is 0.495 e. The van der Waals surface area contributed by atoms with Crippen LogP contribution in [0.3, 0.4) is 0 Å². The summed E-state index contributed by atoms with van der Waals surface area (Å²) in [6.07, 6.45) is -0.367. The first kappa shape index (κ1) is 11.5. The summed E-state index contributed by atoms with van der Waals surface area (Å²) in [4.78, 5) is 0. The third-order valence-corrected chi connectivity index (χ3v) is 3.16. The summed E-state index contributed by atoms with van der Waals surface area (Å²) in [7, 11) is -1.02. The normalized spacial score (nSPS) is 19.2. The number of benzene rings is 1. The molecule has 0 spiro atoms. The average molecular weight is 339 g/mol. The fourth-order valence-electron chi connectivity index (χ4n) is 1.70. The lowest BCUT2D eigenvalue weighted by Gasteiger charge is -2.10. The highest BCUT2D eigenvalue weighted by Crippen LogP contribution is 2.33. The summed E-state index contributed by atoms with van der Waals surface area (Å²) in [6.45, 7) is 0.272. The smallest absolute Gasteiger partial charge is 0.428 e. The van der Waals surface area contributed by atoms with Crippen LogP contribution in [-0.4, -0.2) is 18.7 Å². The summed E-state index contributed by atoms with van der Waals surface area (Å²) in [5.74, 6) is 0.554. The monoisotopic (exact) mass is 339 g/mol. The standard InChI is InChI=1S/C8H8BClINO3/c10-4-1-2-5(15-11)8-7(4)6(3-12)14-9(8)13/h1-2,6,13H,3,12H2/t6-/m0/s1. The van der Waals surface area contributed by atoms with Crippen molar-refractivity contribution in [2.24, 2.45) is 5.73 Å². The van der Waals surface area contributed by atoms with Crippen LogP contribution in [0.5, 0.6) is 5.75 Å². The quantitative estimate of drug-likeness (QED) is 0.618. The molecule has 1 aromatic carbocycles. The van der Waals surface area contributed by atoms with E-state index in [0.717, 1.165) is 5.56 Å². The summed E-state index contributed by atoms with van der Waals surface area (Å²) in [6, 6.07) is 3.40. The van der Waals surface area contributed by atoms with Crippen molar-refractivity contribution in [3.8, 4) is 5.75 Å². The molecule has 0 saturated carbocycles. The minimum absolute atomic E-state index is 0.272. The molecule has 0 unspecified atom stereocenters. The molecule has 7 heteroatoms.